The van der Waals surface area contributed by atoms with Gasteiger partial charge in [0.2, 0.25) is 0 Å². The number of hydrogen-bond donors (Lipinski definition) is 2. The minimum atomic E-state index is 0. The summed E-state index contributed by atoms with van der Waals surface area (Å²) >= 11 is 1.80. The summed E-state index contributed by atoms with van der Waals surface area (Å²) < 4.78 is 5.53. The Labute approximate surface area is 172 Å². The van der Waals surface area contributed by atoms with E-state index in [2.05, 4.69) is 46.5 Å². The minimum absolute atomic E-state index is 0. The SMILES string of the molecule is CCc1cnc(CCNC(=NC)NCC2(N(C)C)CCOCC2)s1.I. The van der Waals surface area contributed by atoms with Gasteiger partial charge in [0.05, 0.1) is 5.01 Å². The summed E-state index contributed by atoms with van der Waals surface area (Å²) in [7, 11) is 6.12. The Morgan fingerprint density at radius 2 is 2.08 bits per heavy atom. The Hall–Kier alpha value is -0.450. The fourth-order valence-electron chi connectivity index (χ4n) is 2.92. The number of likely N-dealkylation sites (N-methyl/N-ethyl adjacent to an activating group) is 1. The van der Waals surface area contributed by atoms with Crippen molar-refractivity contribution >= 4 is 41.3 Å². The van der Waals surface area contributed by atoms with E-state index in [0.717, 1.165) is 57.9 Å². The molecule has 1 aliphatic heterocycles. The maximum Gasteiger partial charge on any atom is 0.191 e. The number of aliphatic imine (C=N–C) groups is 1. The maximum atomic E-state index is 5.53. The first-order valence-electron chi connectivity index (χ1n) is 8.73. The number of aromatic nitrogens is 1. The highest BCUT2D eigenvalue weighted by atomic mass is 127. The topological polar surface area (TPSA) is 61.8 Å². The first-order chi connectivity index (χ1) is 11.6. The van der Waals surface area contributed by atoms with Crippen LogP contribution in [0.2, 0.25) is 0 Å². The lowest BCUT2D eigenvalue weighted by molar-refractivity contribution is -0.00500. The highest BCUT2D eigenvalue weighted by molar-refractivity contribution is 14.0. The second-order valence-electron chi connectivity index (χ2n) is 6.41. The number of aryl methyl sites for hydroxylation is 1. The fraction of sp³-hybridized carbons (Fsp3) is 0.765. The molecule has 0 aromatic carbocycles. The van der Waals surface area contributed by atoms with Crippen LogP contribution in [0.3, 0.4) is 0 Å². The zero-order valence-electron chi connectivity index (χ0n) is 15.8. The standard InChI is InChI=1S/C17H31N5OS.HI/c1-5-14-12-20-15(24-14)6-9-19-16(18-2)21-13-17(22(3)4)7-10-23-11-8-17;/h12H,5-11,13H2,1-4H3,(H2,18,19,21);1H. The fourth-order valence-corrected chi connectivity index (χ4v) is 3.78. The lowest BCUT2D eigenvalue weighted by Gasteiger charge is -2.43. The Morgan fingerprint density at radius 1 is 1.36 bits per heavy atom. The van der Waals surface area contributed by atoms with E-state index >= 15 is 0 Å². The number of thiazole rings is 1. The molecule has 0 aliphatic carbocycles. The molecule has 1 fully saturated rings. The zero-order chi connectivity index (χ0) is 17.4. The highest BCUT2D eigenvalue weighted by Gasteiger charge is 2.34. The summed E-state index contributed by atoms with van der Waals surface area (Å²) in [5, 5.41) is 8.07. The van der Waals surface area contributed by atoms with Gasteiger partial charge in [0, 0.05) is 56.4 Å². The first kappa shape index (κ1) is 22.6. The van der Waals surface area contributed by atoms with Crippen molar-refractivity contribution in [3.63, 3.8) is 0 Å². The van der Waals surface area contributed by atoms with Gasteiger partial charge >= 0.3 is 0 Å². The molecule has 0 spiro atoms. The maximum absolute atomic E-state index is 5.53. The van der Waals surface area contributed by atoms with Crippen molar-refractivity contribution in [3.05, 3.63) is 16.1 Å². The van der Waals surface area contributed by atoms with Gasteiger partial charge in [-0.05, 0) is 33.4 Å². The van der Waals surface area contributed by atoms with Crippen LogP contribution in [-0.2, 0) is 17.6 Å². The largest absolute Gasteiger partial charge is 0.381 e. The van der Waals surface area contributed by atoms with Crippen molar-refractivity contribution in [1.82, 2.24) is 20.5 Å². The predicted molar refractivity (Wildman–Crippen MR) is 116 cm³/mol. The van der Waals surface area contributed by atoms with E-state index < -0.39 is 0 Å². The van der Waals surface area contributed by atoms with Gasteiger partial charge in [-0.25, -0.2) is 4.98 Å². The Kier molecular flexibility index (Phi) is 10.2. The summed E-state index contributed by atoms with van der Waals surface area (Å²) in [6.07, 6.45) is 6.06. The van der Waals surface area contributed by atoms with Crippen molar-refractivity contribution in [2.45, 2.75) is 38.1 Å². The van der Waals surface area contributed by atoms with Crippen molar-refractivity contribution in [1.29, 1.82) is 0 Å². The zero-order valence-corrected chi connectivity index (χ0v) is 18.9. The van der Waals surface area contributed by atoms with Crippen LogP contribution in [0.4, 0.5) is 0 Å². The first-order valence-corrected chi connectivity index (χ1v) is 9.54. The molecule has 0 bridgehead atoms. The third-order valence-electron chi connectivity index (χ3n) is 4.76. The summed E-state index contributed by atoms with van der Waals surface area (Å²) in [5.74, 6) is 0.856. The van der Waals surface area contributed by atoms with Crippen LogP contribution < -0.4 is 10.6 Å². The van der Waals surface area contributed by atoms with Crippen LogP contribution in [-0.4, -0.2) is 68.8 Å². The Morgan fingerprint density at radius 3 is 2.64 bits per heavy atom. The molecule has 144 valence electrons. The molecule has 1 saturated heterocycles. The molecule has 1 aromatic heterocycles. The van der Waals surface area contributed by atoms with E-state index in [4.69, 9.17) is 4.74 Å². The summed E-state index contributed by atoms with van der Waals surface area (Å²) in [4.78, 5) is 12.5. The molecule has 1 aromatic rings. The van der Waals surface area contributed by atoms with E-state index in [0.29, 0.717) is 0 Å². The molecule has 0 amide bonds. The van der Waals surface area contributed by atoms with Gasteiger partial charge in [-0.1, -0.05) is 6.92 Å². The Balaban J connectivity index is 0.00000312. The molecule has 2 N–H and O–H groups in total. The monoisotopic (exact) mass is 481 g/mol. The summed E-state index contributed by atoms with van der Waals surface area (Å²) in [5.41, 5.74) is 0.140. The van der Waals surface area contributed by atoms with Gasteiger partial charge in [-0.15, -0.1) is 35.3 Å². The quantitative estimate of drug-likeness (QED) is 0.355. The highest BCUT2D eigenvalue weighted by Crippen LogP contribution is 2.25. The molecule has 0 radical (unpaired) electrons. The number of ether oxygens (including phenoxy) is 1. The molecule has 25 heavy (non-hydrogen) atoms. The molecule has 2 rings (SSSR count). The van der Waals surface area contributed by atoms with Crippen LogP contribution in [0, 0.1) is 0 Å². The van der Waals surface area contributed by atoms with E-state index in [9.17, 15) is 0 Å². The van der Waals surface area contributed by atoms with E-state index in [-0.39, 0.29) is 29.5 Å². The summed E-state index contributed by atoms with van der Waals surface area (Å²) in [6, 6.07) is 0. The molecular weight excluding hydrogens is 449 g/mol. The molecule has 6 nitrogen and oxygen atoms in total. The molecule has 2 heterocycles. The van der Waals surface area contributed by atoms with Gasteiger partial charge in [-0.3, -0.25) is 4.99 Å². The number of guanidine groups is 1. The molecule has 0 atom stereocenters. The van der Waals surface area contributed by atoms with Crippen molar-refractivity contribution in [2.24, 2.45) is 4.99 Å². The van der Waals surface area contributed by atoms with Gasteiger partial charge in [0.25, 0.3) is 0 Å². The third kappa shape index (κ3) is 6.65. The average molecular weight is 481 g/mol. The average Bonchev–Trinajstić information content (AvgIpc) is 3.06. The number of rotatable bonds is 7. The number of hydrogen-bond acceptors (Lipinski definition) is 5. The molecule has 0 saturated carbocycles. The van der Waals surface area contributed by atoms with Crippen molar-refractivity contribution < 1.29 is 4.74 Å². The lowest BCUT2D eigenvalue weighted by Crippen LogP contribution is -2.57. The van der Waals surface area contributed by atoms with E-state index in [1.165, 1.54) is 9.88 Å². The van der Waals surface area contributed by atoms with Crippen molar-refractivity contribution in [2.75, 3.05) is 47.4 Å². The van der Waals surface area contributed by atoms with Crippen LogP contribution in [0.1, 0.15) is 29.7 Å². The van der Waals surface area contributed by atoms with Gasteiger partial charge < -0.3 is 20.3 Å². The second-order valence-corrected chi connectivity index (χ2v) is 7.61. The van der Waals surface area contributed by atoms with E-state index in [1.807, 2.05) is 13.2 Å². The second kappa shape index (κ2) is 11.3. The number of nitrogens with one attached hydrogen (secondary N) is 2. The van der Waals surface area contributed by atoms with Gasteiger partial charge in [0.15, 0.2) is 5.96 Å². The smallest absolute Gasteiger partial charge is 0.191 e. The van der Waals surface area contributed by atoms with Crippen LogP contribution in [0.5, 0.6) is 0 Å². The molecule has 1 aliphatic rings. The van der Waals surface area contributed by atoms with Crippen LogP contribution >= 0.6 is 35.3 Å². The van der Waals surface area contributed by atoms with Gasteiger partial charge in [-0.2, -0.15) is 0 Å². The Bertz CT molecular complexity index is 529. The molecule has 8 heteroatoms. The normalized spacial score (nSPS) is 17.2. The minimum Gasteiger partial charge on any atom is -0.381 e. The predicted octanol–water partition coefficient (Wildman–Crippen LogP) is 2.14. The molecular formula is C17H32IN5OS. The van der Waals surface area contributed by atoms with Gasteiger partial charge in [0.1, 0.15) is 0 Å². The van der Waals surface area contributed by atoms with Crippen LogP contribution in [0.15, 0.2) is 11.2 Å². The number of nitrogens with zero attached hydrogens (tertiary/aromatic N) is 3. The molecule has 0 unspecified atom stereocenters. The van der Waals surface area contributed by atoms with E-state index in [1.54, 1.807) is 11.3 Å². The van der Waals surface area contributed by atoms with Crippen LogP contribution in [0.25, 0.3) is 0 Å². The third-order valence-corrected chi connectivity index (χ3v) is 5.96. The number of halogens is 1. The van der Waals surface area contributed by atoms with Crippen molar-refractivity contribution in [3.8, 4) is 0 Å². The summed E-state index contributed by atoms with van der Waals surface area (Å²) in [6.45, 7) is 5.54. The lowest BCUT2D eigenvalue weighted by atomic mass is 9.88.